The Kier molecular flexibility index (Phi) is 3.94. The summed E-state index contributed by atoms with van der Waals surface area (Å²) in [6, 6.07) is 6.55. The van der Waals surface area contributed by atoms with Crippen molar-refractivity contribution in [2.75, 3.05) is 42.6 Å². The molecule has 1 saturated heterocycles. The minimum atomic E-state index is 0.0737. The highest BCUT2D eigenvalue weighted by atomic mass is 15.3. The van der Waals surface area contributed by atoms with Crippen molar-refractivity contribution < 1.29 is 0 Å². The van der Waals surface area contributed by atoms with E-state index in [-0.39, 0.29) is 5.41 Å². The molecule has 6 heteroatoms. The number of anilines is 2. The Labute approximate surface area is 171 Å². The lowest BCUT2D eigenvalue weighted by Gasteiger charge is -2.37. The van der Waals surface area contributed by atoms with Crippen LogP contribution in [0.2, 0.25) is 0 Å². The molecule has 1 N–H and O–H groups in total. The van der Waals surface area contributed by atoms with E-state index in [4.69, 9.17) is 9.98 Å². The summed E-state index contributed by atoms with van der Waals surface area (Å²) < 4.78 is 0. The maximum absolute atomic E-state index is 4.90. The second-order valence-corrected chi connectivity index (χ2v) is 8.47. The molecule has 1 spiro atoms. The molecule has 0 bridgehead atoms. The predicted molar refractivity (Wildman–Crippen MR) is 116 cm³/mol. The Balaban J connectivity index is 1.40. The standard InChI is InChI=1S/C23H26N6/c1-2-7-23(6-1)20-15-25-8-5-18(20)19-14-26-16-29(22(19)23)21-4-3-17(13-27-21)28-11-9-24-10-12-28/h3-5,8,13-15,24H,1-2,6-7,9-12,16H2. The number of nitrogens with one attached hydrogen (secondary N) is 1. The van der Waals surface area contributed by atoms with E-state index in [2.05, 4.69) is 50.7 Å². The number of fused-ring (bicyclic) bond motifs is 4. The lowest BCUT2D eigenvalue weighted by molar-refractivity contribution is 0.511. The first-order valence-corrected chi connectivity index (χ1v) is 10.8. The van der Waals surface area contributed by atoms with Gasteiger partial charge >= 0.3 is 0 Å². The maximum atomic E-state index is 4.90. The number of hydrogen-bond donors (Lipinski definition) is 1. The van der Waals surface area contributed by atoms with Crippen LogP contribution in [0.5, 0.6) is 0 Å². The summed E-state index contributed by atoms with van der Waals surface area (Å²) >= 11 is 0. The largest absolute Gasteiger partial charge is 0.368 e. The SMILES string of the molecule is C1=NCN(c2ccc(N3CCNCC3)cn2)C2=C1c1ccncc1C21CCCC1. The highest BCUT2D eigenvalue weighted by molar-refractivity contribution is 6.15. The van der Waals surface area contributed by atoms with E-state index >= 15 is 0 Å². The molecule has 2 aromatic heterocycles. The second kappa shape index (κ2) is 6.66. The molecule has 6 nitrogen and oxygen atoms in total. The van der Waals surface area contributed by atoms with Gasteiger partial charge in [-0.3, -0.25) is 9.98 Å². The smallest absolute Gasteiger partial charge is 0.134 e. The highest BCUT2D eigenvalue weighted by Gasteiger charge is 2.50. The molecule has 4 aliphatic rings. The third-order valence-electron chi connectivity index (χ3n) is 7.00. The fourth-order valence-corrected chi connectivity index (χ4v) is 5.66. The van der Waals surface area contributed by atoms with Gasteiger partial charge in [-0.1, -0.05) is 12.8 Å². The van der Waals surface area contributed by atoms with Crippen LogP contribution in [0, 0.1) is 0 Å². The molecule has 6 rings (SSSR count). The molecule has 0 aromatic carbocycles. The van der Waals surface area contributed by atoms with Crippen molar-refractivity contribution in [3.63, 3.8) is 0 Å². The fourth-order valence-electron chi connectivity index (χ4n) is 5.66. The lowest BCUT2D eigenvalue weighted by atomic mass is 9.79. The molecule has 4 heterocycles. The van der Waals surface area contributed by atoms with Crippen molar-refractivity contribution in [3.05, 3.63) is 53.6 Å². The van der Waals surface area contributed by atoms with Gasteiger partial charge in [0.05, 0.1) is 11.9 Å². The Morgan fingerprint density at radius 1 is 1.00 bits per heavy atom. The minimum absolute atomic E-state index is 0.0737. The average Bonchev–Trinajstić information content (AvgIpc) is 3.40. The van der Waals surface area contributed by atoms with Gasteiger partial charge < -0.3 is 15.1 Å². The Bertz CT molecular complexity index is 981. The normalized spacial score (nSPS) is 22.3. The number of aliphatic imine (C=N–C) groups is 1. The monoisotopic (exact) mass is 386 g/mol. The number of rotatable bonds is 2. The Hall–Kier alpha value is -2.73. The van der Waals surface area contributed by atoms with Crippen molar-refractivity contribution in [2.24, 2.45) is 4.99 Å². The topological polar surface area (TPSA) is 56.6 Å². The van der Waals surface area contributed by atoms with Gasteiger partial charge in [-0.15, -0.1) is 0 Å². The molecule has 1 saturated carbocycles. The number of piperazine rings is 1. The fraction of sp³-hybridized carbons (Fsp3) is 0.435. The average molecular weight is 387 g/mol. The molecular weight excluding hydrogens is 360 g/mol. The second-order valence-electron chi connectivity index (χ2n) is 8.47. The van der Waals surface area contributed by atoms with Crippen LogP contribution in [0.4, 0.5) is 11.5 Å². The summed E-state index contributed by atoms with van der Waals surface area (Å²) in [5, 5.41) is 3.41. The third-order valence-corrected chi connectivity index (χ3v) is 7.00. The van der Waals surface area contributed by atoms with Crippen molar-refractivity contribution >= 4 is 23.3 Å². The zero-order valence-electron chi connectivity index (χ0n) is 16.6. The van der Waals surface area contributed by atoms with Crippen molar-refractivity contribution in [2.45, 2.75) is 31.1 Å². The summed E-state index contributed by atoms with van der Waals surface area (Å²) in [5.74, 6) is 1.00. The van der Waals surface area contributed by atoms with E-state index < -0.39 is 0 Å². The van der Waals surface area contributed by atoms with Crippen LogP contribution < -0.4 is 15.1 Å². The van der Waals surface area contributed by atoms with E-state index in [0.717, 1.165) is 32.0 Å². The summed E-state index contributed by atoms with van der Waals surface area (Å²) in [6.45, 7) is 4.79. The molecular formula is C23H26N6. The summed E-state index contributed by atoms with van der Waals surface area (Å²) in [4.78, 5) is 18.8. The zero-order valence-corrected chi connectivity index (χ0v) is 16.6. The van der Waals surface area contributed by atoms with Gasteiger partial charge in [-0.2, -0.15) is 0 Å². The lowest BCUT2D eigenvalue weighted by Crippen LogP contribution is -2.43. The van der Waals surface area contributed by atoms with E-state index in [1.807, 2.05) is 12.4 Å². The Morgan fingerprint density at radius 3 is 2.66 bits per heavy atom. The van der Waals surface area contributed by atoms with Crippen LogP contribution >= 0.6 is 0 Å². The molecule has 0 atom stereocenters. The van der Waals surface area contributed by atoms with Gasteiger partial charge in [0.15, 0.2) is 0 Å². The first kappa shape index (κ1) is 17.2. The van der Waals surface area contributed by atoms with Gasteiger partial charge in [-0.25, -0.2) is 4.98 Å². The van der Waals surface area contributed by atoms with Crippen LogP contribution in [0.1, 0.15) is 36.8 Å². The summed E-state index contributed by atoms with van der Waals surface area (Å²) in [6.07, 6.45) is 13.0. The molecule has 2 aliphatic carbocycles. The molecule has 2 aliphatic heterocycles. The molecule has 148 valence electrons. The highest BCUT2D eigenvalue weighted by Crippen LogP contribution is 2.56. The number of allylic oxidation sites excluding steroid dienone is 2. The van der Waals surface area contributed by atoms with E-state index in [9.17, 15) is 0 Å². The maximum Gasteiger partial charge on any atom is 0.134 e. The van der Waals surface area contributed by atoms with E-state index in [1.165, 1.54) is 53.8 Å². The number of hydrogen-bond acceptors (Lipinski definition) is 6. The first-order valence-electron chi connectivity index (χ1n) is 10.8. The van der Waals surface area contributed by atoms with Gasteiger partial charge in [-0.05, 0) is 42.2 Å². The van der Waals surface area contributed by atoms with Crippen molar-refractivity contribution in [1.82, 2.24) is 15.3 Å². The molecule has 2 aromatic rings. The van der Waals surface area contributed by atoms with Gasteiger partial charge in [0, 0.05) is 61.5 Å². The van der Waals surface area contributed by atoms with Crippen LogP contribution in [-0.2, 0) is 5.41 Å². The van der Waals surface area contributed by atoms with Crippen LogP contribution in [0.25, 0.3) is 5.57 Å². The van der Waals surface area contributed by atoms with E-state index in [0.29, 0.717) is 6.67 Å². The van der Waals surface area contributed by atoms with Gasteiger partial charge in [0.25, 0.3) is 0 Å². The van der Waals surface area contributed by atoms with Crippen molar-refractivity contribution in [3.8, 4) is 0 Å². The first-order chi connectivity index (χ1) is 14.4. The molecule has 2 fully saturated rings. The number of nitrogens with zero attached hydrogens (tertiary/aromatic N) is 5. The Morgan fingerprint density at radius 2 is 1.86 bits per heavy atom. The number of pyridine rings is 2. The minimum Gasteiger partial charge on any atom is -0.368 e. The molecule has 29 heavy (non-hydrogen) atoms. The van der Waals surface area contributed by atoms with Crippen LogP contribution in [-0.4, -0.2) is 49.0 Å². The van der Waals surface area contributed by atoms with Gasteiger partial charge in [0.1, 0.15) is 12.5 Å². The third kappa shape index (κ3) is 2.55. The summed E-state index contributed by atoms with van der Waals surface area (Å²) in [7, 11) is 0. The molecule has 0 unspecified atom stereocenters. The molecule has 0 radical (unpaired) electrons. The van der Waals surface area contributed by atoms with Crippen LogP contribution in [0.15, 0.2) is 47.5 Å². The summed E-state index contributed by atoms with van der Waals surface area (Å²) in [5.41, 5.74) is 6.64. The van der Waals surface area contributed by atoms with E-state index in [1.54, 1.807) is 0 Å². The van der Waals surface area contributed by atoms with Gasteiger partial charge in [0.2, 0.25) is 0 Å². The molecule has 0 amide bonds. The quantitative estimate of drug-likeness (QED) is 0.860. The zero-order chi connectivity index (χ0) is 19.3. The van der Waals surface area contributed by atoms with Crippen molar-refractivity contribution in [1.29, 1.82) is 0 Å². The number of aromatic nitrogens is 2. The predicted octanol–water partition coefficient (Wildman–Crippen LogP) is 2.97. The van der Waals surface area contributed by atoms with Crippen LogP contribution in [0.3, 0.4) is 0 Å².